The molecule has 1 aliphatic rings. The predicted octanol–water partition coefficient (Wildman–Crippen LogP) is 14.3. The first-order chi connectivity index (χ1) is 31.2. The van der Waals surface area contributed by atoms with Gasteiger partial charge in [0.1, 0.15) is 11.6 Å². The van der Waals surface area contributed by atoms with E-state index in [-0.39, 0.29) is 30.3 Å². The highest BCUT2D eigenvalue weighted by Crippen LogP contribution is 2.38. The quantitative estimate of drug-likeness (QED) is 0.0397. The molecule has 10 heteroatoms. The highest BCUT2D eigenvalue weighted by atomic mass is 32.1. The molecule has 64 heavy (non-hydrogen) atoms. The maximum atomic E-state index is 13.5. The number of carbonyl (C=O) groups excluding carboxylic acids is 4. The molecule has 0 aromatic carbocycles. The fraction of sp³-hybridized carbons (Fsp3) is 0.778. The molecule has 2 heterocycles. The molecule has 1 aromatic heterocycles. The van der Waals surface area contributed by atoms with Crippen LogP contribution in [0.4, 0.5) is 5.00 Å². The molecule has 0 aliphatic carbocycles. The van der Waals surface area contributed by atoms with Gasteiger partial charge < -0.3 is 24.6 Å². The molecule has 0 unspecified atom stereocenters. The second kappa shape index (κ2) is 38.2. The first kappa shape index (κ1) is 57.1. The van der Waals surface area contributed by atoms with E-state index in [9.17, 15) is 19.2 Å². The maximum absolute atomic E-state index is 13.5. The molecule has 1 N–H and O–H groups in total. The van der Waals surface area contributed by atoms with E-state index in [1.54, 1.807) is 0 Å². The van der Waals surface area contributed by atoms with Crippen LogP contribution in [0.25, 0.3) is 0 Å². The second-order valence-electron chi connectivity index (χ2n) is 18.5. The summed E-state index contributed by atoms with van der Waals surface area (Å²) in [6, 6.07) is 0. The standard InChI is InChI=1S/C54H93N3O6S/c1-6-9-12-15-18-19-20-21-22-23-24-25-26-29-33-38-49(58)55-52-51(54(61)63-44-42-56(4)5)47-40-41-57(45-48(47)64-52)50(59)39-34-30-35-43-62-53(60)46(36-31-27-16-13-10-7-2)37-32-28-17-14-11-8-3/h18-19,21-22,46H,6-17,20,23-45H2,1-5H3,(H,55,58)/b19-18-,22-21-. The highest BCUT2D eigenvalue weighted by Gasteiger charge is 2.31. The molecule has 0 atom stereocenters. The minimum absolute atomic E-state index is 0.00461. The zero-order valence-corrected chi connectivity index (χ0v) is 42.4. The number of fused-ring (bicyclic) bond motifs is 1. The number of unbranched alkanes of at least 4 members (excludes halogenated alkanes) is 20. The van der Waals surface area contributed by atoms with Crippen LogP contribution < -0.4 is 5.32 Å². The van der Waals surface area contributed by atoms with Crippen LogP contribution in [0.5, 0.6) is 0 Å². The third kappa shape index (κ3) is 26.9. The number of carbonyl (C=O) groups is 4. The van der Waals surface area contributed by atoms with Crippen LogP contribution in [-0.4, -0.2) is 74.0 Å². The second-order valence-corrected chi connectivity index (χ2v) is 19.6. The SMILES string of the molecule is CCCCC/C=C\C/C=C\CCCCCCCC(=O)Nc1sc2c(c1C(=O)OCCN(C)C)CCN(C(=O)CCCCCOC(=O)C(CCCCCCCC)CCCCCCCC)C2. The molecule has 9 nitrogen and oxygen atoms in total. The number of allylic oxidation sites excluding steroid dienone is 4. The Labute approximate surface area is 395 Å². The van der Waals surface area contributed by atoms with E-state index in [1.165, 1.54) is 108 Å². The Morgan fingerprint density at radius 2 is 1.20 bits per heavy atom. The van der Waals surface area contributed by atoms with E-state index in [4.69, 9.17) is 9.47 Å². The molecule has 366 valence electrons. The molecule has 2 amide bonds. The van der Waals surface area contributed by atoms with Gasteiger partial charge in [-0.15, -0.1) is 11.3 Å². The minimum atomic E-state index is -0.414. The fourth-order valence-electron chi connectivity index (χ4n) is 8.33. The van der Waals surface area contributed by atoms with Gasteiger partial charge in [-0.3, -0.25) is 14.4 Å². The monoisotopic (exact) mass is 912 g/mol. The van der Waals surface area contributed by atoms with E-state index in [0.29, 0.717) is 56.1 Å². The van der Waals surface area contributed by atoms with Crippen molar-refractivity contribution in [3.05, 3.63) is 40.3 Å². The molecule has 0 saturated heterocycles. The van der Waals surface area contributed by atoms with Gasteiger partial charge >= 0.3 is 11.9 Å². The Balaban J connectivity index is 1.81. The number of nitrogens with zero attached hydrogens (tertiary/aromatic N) is 2. The number of nitrogens with one attached hydrogen (secondary N) is 1. The first-order valence-electron chi connectivity index (χ1n) is 26.2. The molecule has 0 saturated carbocycles. The summed E-state index contributed by atoms with van der Waals surface area (Å²) in [6.45, 7) is 8.95. The number of thiophene rings is 1. The van der Waals surface area contributed by atoms with Gasteiger partial charge in [0, 0.05) is 30.8 Å². The number of rotatable bonds is 40. The highest BCUT2D eigenvalue weighted by molar-refractivity contribution is 7.17. The lowest BCUT2D eigenvalue weighted by atomic mass is 9.94. The van der Waals surface area contributed by atoms with Crippen molar-refractivity contribution in [1.82, 2.24) is 9.80 Å². The molecule has 1 aliphatic heterocycles. The zero-order valence-electron chi connectivity index (χ0n) is 41.6. The van der Waals surface area contributed by atoms with Crippen molar-refractivity contribution in [1.29, 1.82) is 0 Å². The number of anilines is 1. The predicted molar refractivity (Wildman–Crippen MR) is 269 cm³/mol. The van der Waals surface area contributed by atoms with Gasteiger partial charge in [0.2, 0.25) is 11.8 Å². The van der Waals surface area contributed by atoms with Gasteiger partial charge in [-0.1, -0.05) is 154 Å². The third-order valence-electron chi connectivity index (χ3n) is 12.4. The Morgan fingerprint density at radius 1 is 0.656 bits per heavy atom. The molecule has 0 bridgehead atoms. The minimum Gasteiger partial charge on any atom is -0.465 e. The van der Waals surface area contributed by atoms with E-state index >= 15 is 0 Å². The van der Waals surface area contributed by atoms with Crippen molar-refractivity contribution in [2.24, 2.45) is 5.92 Å². The lowest BCUT2D eigenvalue weighted by molar-refractivity contribution is -0.149. The van der Waals surface area contributed by atoms with E-state index < -0.39 is 5.97 Å². The molecule has 2 rings (SSSR count). The molecular formula is C54H93N3O6S. The van der Waals surface area contributed by atoms with Gasteiger partial charge in [0.05, 0.1) is 24.6 Å². The summed E-state index contributed by atoms with van der Waals surface area (Å²) in [5.74, 6) is -0.433. The number of likely N-dealkylation sites (N-methyl/N-ethyl adjacent to an activating group) is 1. The molecule has 0 radical (unpaired) electrons. The summed E-state index contributed by atoms with van der Waals surface area (Å²) in [7, 11) is 3.87. The van der Waals surface area contributed by atoms with E-state index in [1.807, 2.05) is 23.9 Å². The van der Waals surface area contributed by atoms with Crippen molar-refractivity contribution >= 4 is 40.1 Å². The number of hydrogen-bond acceptors (Lipinski definition) is 8. The number of esters is 2. The summed E-state index contributed by atoms with van der Waals surface area (Å²) in [5.41, 5.74) is 1.35. The van der Waals surface area contributed by atoms with Crippen LogP contribution in [0.2, 0.25) is 0 Å². The third-order valence-corrected chi connectivity index (χ3v) is 13.5. The van der Waals surface area contributed by atoms with Gasteiger partial charge in [-0.05, 0) is 96.7 Å². The van der Waals surface area contributed by atoms with Crippen LogP contribution in [0, 0.1) is 5.92 Å². The molecule has 0 spiro atoms. The van der Waals surface area contributed by atoms with Gasteiger partial charge in [-0.2, -0.15) is 0 Å². The molecule has 1 aromatic rings. The first-order valence-corrected chi connectivity index (χ1v) is 27.0. The summed E-state index contributed by atoms with van der Waals surface area (Å²) in [4.78, 5) is 58.0. The summed E-state index contributed by atoms with van der Waals surface area (Å²) in [6.07, 6.45) is 41.8. The zero-order chi connectivity index (χ0) is 46.5. The topological polar surface area (TPSA) is 105 Å². The van der Waals surface area contributed by atoms with Crippen molar-refractivity contribution in [3.63, 3.8) is 0 Å². The maximum Gasteiger partial charge on any atom is 0.341 e. The average molecular weight is 912 g/mol. The Kier molecular flexibility index (Phi) is 34.1. The van der Waals surface area contributed by atoms with Crippen LogP contribution >= 0.6 is 11.3 Å². The normalized spacial score (nSPS) is 12.8. The van der Waals surface area contributed by atoms with Crippen LogP contribution in [0.3, 0.4) is 0 Å². The summed E-state index contributed by atoms with van der Waals surface area (Å²) >= 11 is 1.40. The lowest BCUT2D eigenvalue weighted by Crippen LogP contribution is -2.35. The van der Waals surface area contributed by atoms with Crippen LogP contribution in [0.15, 0.2) is 24.3 Å². The molecular weight excluding hydrogens is 819 g/mol. The fourth-order valence-corrected chi connectivity index (χ4v) is 9.59. The Morgan fingerprint density at radius 3 is 1.84 bits per heavy atom. The van der Waals surface area contributed by atoms with Crippen LogP contribution in [0.1, 0.15) is 234 Å². The average Bonchev–Trinajstić information content (AvgIpc) is 3.64. The Bertz CT molecular complexity index is 1440. The lowest BCUT2D eigenvalue weighted by Gasteiger charge is -2.27. The number of amides is 2. The van der Waals surface area contributed by atoms with E-state index in [0.717, 1.165) is 93.9 Å². The van der Waals surface area contributed by atoms with Crippen molar-refractivity contribution in [2.45, 2.75) is 226 Å². The summed E-state index contributed by atoms with van der Waals surface area (Å²) in [5, 5.41) is 3.60. The van der Waals surface area contributed by atoms with Crippen molar-refractivity contribution < 1.29 is 28.7 Å². The molecule has 0 fully saturated rings. The number of ether oxygens (including phenoxy) is 2. The van der Waals surface area contributed by atoms with Crippen molar-refractivity contribution in [3.8, 4) is 0 Å². The van der Waals surface area contributed by atoms with Crippen molar-refractivity contribution in [2.75, 3.05) is 45.7 Å². The van der Waals surface area contributed by atoms with Crippen LogP contribution in [-0.2, 0) is 36.8 Å². The van der Waals surface area contributed by atoms with E-state index in [2.05, 4.69) is 50.4 Å². The Hall–Kier alpha value is -2.98. The van der Waals surface area contributed by atoms with Gasteiger partial charge in [0.25, 0.3) is 0 Å². The summed E-state index contributed by atoms with van der Waals surface area (Å²) < 4.78 is 11.5. The number of hydrogen-bond donors (Lipinski definition) is 1. The van der Waals surface area contributed by atoms with Gasteiger partial charge in [-0.25, -0.2) is 4.79 Å². The van der Waals surface area contributed by atoms with Gasteiger partial charge in [0.15, 0.2) is 0 Å². The smallest absolute Gasteiger partial charge is 0.341 e. The largest absolute Gasteiger partial charge is 0.465 e.